The van der Waals surface area contributed by atoms with Gasteiger partial charge in [0.25, 0.3) is 17.5 Å². The summed E-state index contributed by atoms with van der Waals surface area (Å²) in [5.74, 6) is -0.797. The molecule has 13 heteroatoms. The van der Waals surface area contributed by atoms with E-state index in [4.69, 9.17) is 18.9 Å². The highest BCUT2D eigenvalue weighted by atomic mass is 16.6. The second-order valence-corrected chi connectivity index (χ2v) is 9.29. The molecule has 0 radical (unpaired) electrons. The number of esters is 1. The van der Waals surface area contributed by atoms with Crippen molar-refractivity contribution in [2.24, 2.45) is 5.10 Å². The average molecular weight is 625 g/mol. The molecule has 234 valence electrons. The first-order valence-corrected chi connectivity index (χ1v) is 13.5. The normalized spacial score (nSPS) is 10.8. The number of ether oxygens (including phenoxy) is 4. The summed E-state index contributed by atoms with van der Waals surface area (Å²) in [7, 11) is 4.34. The quantitative estimate of drug-likeness (QED) is 0.0534. The highest BCUT2D eigenvalue weighted by Crippen LogP contribution is 2.38. The van der Waals surface area contributed by atoms with E-state index in [-0.39, 0.29) is 28.1 Å². The van der Waals surface area contributed by atoms with Crippen molar-refractivity contribution in [3.8, 4) is 23.0 Å². The molecule has 0 aliphatic carbocycles. The van der Waals surface area contributed by atoms with Gasteiger partial charge >= 0.3 is 5.97 Å². The molecule has 2 N–H and O–H groups in total. The fourth-order valence-electron chi connectivity index (χ4n) is 4.06. The van der Waals surface area contributed by atoms with Crippen LogP contribution < -0.4 is 29.7 Å². The molecule has 0 aliphatic rings. The highest BCUT2D eigenvalue weighted by molar-refractivity contribution is 6.05. The molecular weight excluding hydrogens is 596 g/mol. The summed E-state index contributed by atoms with van der Waals surface area (Å²) in [4.78, 5) is 48.6. The van der Waals surface area contributed by atoms with E-state index < -0.39 is 22.7 Å². The first kappa shape index (κ1) is 32.4. The maximum Gasteiger partial charge on any atom is 0.336 e. The van der Waals surface area contributed by atoms with E-state index >= 15 is 0 Å². The lowest BCUT2D eigenvalue weighted by Crippen LogP contribution is -2.18. The number of nitrogens with zero attached hydrogens (tertiary/aromatic N) is 2. The number of nitro benzene ring substituents is 1. The van der Waals surface area contributed by atoms with E-state index in [2.05, 4.69) is 15.8 Å². The topological polar surface area (TPSA) is 168 Å². The Bertz CT molecular complexity index is 1780. The van der Waals surface area contributed by atoms with Gasteiger partial charge in [-0.2, -0.15) is 5.10 Å². The Labute approximate surface area is 263 Å². The van der Waals surface area contributed by atoms with Crippen LogP contribution in [0.25, 0.3) is 6.08 Å². The van der Waals surface area contributed by atoms with Gasteiger partial charge in [0, 0.05) is 40.6 Å². The molecule has 13 nitrogen and oxygen atoms in total. The predicted molar refractivity (Wildman–Crippen MR) is 170 cm³/mol. The maximum absolute atomic E-state index is 12.9. The summed E-state index contributed by atoms with van der Waals surface area (Å²) in [6, 6.07) is 21.7. The summed E-state index contributed by atoms with van der Waals surface area (Å²) in [5, 5.41) is 17.9. The monoisotopic (exact) mass is 624 g/mol. The Morgan fingerprint density at radius 3 is 2.07 bits per heavy atom. The van der Waals surface area contributed by atoms with Crippen LogP contribution in [0.2, 0.25) is 0 Å². The standard InChI is InChI=1S/C33H28N4O9/c1-43-28-18-23(19-29(44-2)31(28)45-3)32(39)35-25-12-10-22(11-13-25)33(40)36-34-20-24-17-26(37(41)42)14-15-27(24)46-30(38)16-9-21-7-5-4-6-8-21/h4-20H,1-3H3,(H,35,39)(H,36,40)/b16-9+,34-20+. The number of amides is 2. The summed E-state index contributed by atoms with van der Waals surface area (Å²) >= 11 is 0. The molecule has 0 unspecified atom stereocenters. The van der Waals surface area contributed by atoms with Gasteiger partial charge in [0.1, 0.15) is 5.75 Å². The van der Waals surface area contributed by atoms with Crippen LogP contribution in [-0.2, 0) is 4.79 Å². The molecule has 4 rings (SSSR count). The lowest BCUT2D eigenvalue weighted by atomic mass is 10.1. The number of rotatable bonds is 12. The number of benzene rings is 4. The van der Waals surface area contributed by atoms with Crippen molar-refractivity contribution in [2.75, 3.05) is 26.6 Å². The molecule has 0 atom stereocenters. The van der Waals surface area contributed by atoms with Gasteiger partial charge in [-0.15, -0.1) is 0 Å². The molecule has 0 spiro atoms. The number of carbonyl (C=O) groups excluding carboxylic acids is 3. The fraction of sp³-hybridized carbons (Fsp3) is 0.0909. The number of non-ortho nitro benzene ring substituents is 1. The van der Waals surface area contributed by atoms with Gasteiger partial charge in [-0.3, -0.25) is 19.7 Å². The molecule has 0 fully saturated rings. The van der Waals surface area contributed by atoms with Gasteiger partial charge in [-0.05, 0) is 54.1 Å². The van der Waals surface area contributed by atoms with Gasteiger partial charge in [0.2, 0.25) is 5.75 Å². The van der Waals surface area contributed by atoms with Crippen molar-refractivity contribution < 1.29 is 38.3 Å². The molecule has 0 saturated heterocycles. The molecule has 2 amide bonds. The third-order valence-corrected chi connectivity index (χ3v) is 6.33. The number of methoxy groups -OCH3 is 3. The predicted octanol–water partition coefficient (Wildman–Crippen LogP) is 5.26. The lowest BCUT2D eigenvalue weighted by Gasteiger charge is -2.14. The highest BCUT2D eigenvalue weighted by Gasteiger charge is 2.18. The smallest absolute Gasteiger partial charge is 0.336 e. The zero-order valence-electron chi connectivity index (χ0n) is 24.9. The number of anilines is 1. The minimum atomic E-state index is -0.714. The summed E-state index contributed by atoms with van der Waals surface area (Å²) < 4.78 is 21.2. The van der Waals surface area contributed by atoms with Crippen LogP contribution in [0.1, 0.15) is 31.8 Å². The van der Waals surface area contributed by atoms with Gasteiger partial charge in [0.05, 0.1) is 32.5 Å². The molecule has 4 aromatic carbocycles. The number of carbonyl (C=O) groups is 3. The van der Waals surface area contributed by atoms with Crippen LogP contribution in [0.3, 0.4) is 0 Å². The summed E-state index contributed by atoms with van der Waals surface area (Å²) in [5.41, 5.74) is 3.79. The van der Waals surface area contributed by atoms with Gasteiger partial charge < -0.3 is 24.3 Å². The van der Waals surface area contributed by atoms with Crippen molar-refractivity contribution in [2.45, 2.75) is 0 Å². The van der Waals surface area contributed by atoms with Crippen LogP contribution in [0.15, 0.2) is 96.1 Å². The Balaban J connectivity index is 1.42. The number of hydrazone groups is 1. The van der Waals surface area contributed by atoms with E-state index in [0.717, 1.165) is 17.8 Å². The second kappa shape index (κ2) is 15.3. The van der Waals surface area contributed by atoms with Crippen LogP contribution >= 0.6 is 0 Å². The second-order valence-electron chi connectivity index (χ2n) is 9.29. The minimum Gasteiger partial charge on any atom is -0.493 e. The molecule has 0 heterocycles. The average Bonchev–Trinajstić information content (AvgIpc) is 3.07. The van der Waals surface area contributed by atoms with E-state index in [9.17, 15) is 24.5 Å². The summed E-state index contributed by atoms with van der Waals surface area (Å²) in [6.45, 7) is 0. The fourth-order valence-corrected chi connectivity index (χ4v) is 4.06. The maximum atomic E-state index is 12.9. The van der Waals surface area contributed by atoms with Gasteiger partial charge in [0.15, 0.2) is 11.5 Å². The zero-order chi connectivity index (χ0) is 33.1. The Kier molecular flexibility index (Phi) is 10.8. The van der Waals surface area contributed by atoms with Gasteiger partial charge in [-0.25, -0.2) is 10.2 Å². The van der Waals surface area contributed by atoms with Crippen molar-refractivity contribution in [3.63, 3.8) is 0 Å². The largest absolute Gasteiger partial charge is 0.493 e. The third kappa shape index (κ3) is 8.32. The minimum absolute atomic E-state index is 0.00138. The number of hydrogen-bond donors (Lipinski definition) is 2. The van der Waals surface area contributed by atoms with Crippen LogP contribution in [0, 0.1) is 10.1 Å². The Morgan fingerprint density at radius 1 is 0.783 bits per heavy atom. The number of nitrogens with one attached hydrogen (secondary N) is 2. The molecule has 0 aromatic heterocycles. The van der Waals surface area contributed by atoms with E-state index in [1.807, 2.05) is 18.2 Å². The molecule has 0 bridgehead atoms. The van der Waals surface area contributed by atoms with Crippen molar-refractivity contribution in [3.05, 3.63) is 123 Å². The lowest BCUT2D eigenvalue weighted by molar-refractivity contribution is -0.384. The summed E-state index contributed by atoms with van der Waals surface area (Å²) in [6.07, 6.45) is 3.91. The van der Waals surface area contributed by atoms with Crippen molar-refractivity contribution in [1.29, 1.82) is 0 Å². The van der Waals surface area contributed by atoms with Crippen LogP contribution in [-0.4, -0.2) is 50.3 Å². The van der Waals surface area contributed by atoms with Crippen LogP contribution in [0.4, 0.5) is 11.4 Å². The van der Waals surface area contributed by atoms with Crippen molar-refractivity contribution >= 4 is 41.4 Å². The van der Waals surface area contributed by atoms with Crippen molar-refractivity contribution in [1.82, 2.24) is 5.43 Å². The number of nitro groups is 1. The number of hydrogen-bond acceptors (Lipinski definition) is 10. The van der Waals surface area contributed by atoms with E-state index in [1.165, 1.54) is 75.9 Å². The molecular formula is C33H28N4O9. The zero-order valence-corrected chi connectivity index (χ0v) is 24.9. The third-order valence-electron chi connectivity index (χ3n) is 6.33. The molecule has 46 heavy (non-hydrogen) atoms. The van der Waals surface area contributed by atoms with Gasteiger partial charge in [-0.1, -0.05) is 30.3 Å². The first-order valence-electron chi connectivity index (χ1n) is 13.5. The van der Waals surface area contributed by atoms with E-state index in [0.29, 0.717) is 22.9 Å². The van der Waals surface area contributed by atoms with E-state index in [1.54, 1.807) is 18.2 Å². The molecule has 4 aromatic rings. The Morgan fingerprint density at radius 2 is 1.46 bits per heavy atom. The Hall–Kier alpha value is -6.50. The first-order chi connectivity index (χ1) is 22.2. The van der Waals surface area contributed by atoms with Crippen LogP contribution in [0.5, 0.6) is 23.0 Å². The molecule has 0 saturated carbocycles. The SMILES string of the molecule is COc1cc(C(=O)Nc2ccc(C(=O)N/N=C/c3cc([N+](=O)[O-])ccc3OC(=O)/C=C/c3ccccc3)cc2)cc(OC)c1OC. The molecule has 0 aliphatic heterocycles.